The van der Waals surface area contributed by atoms with Crippen molar-refractivity contribution in [2.45, 2.75) is 13.1 Å². The van der Waals surface area contributed by atoms with Crippen LogP contribution in [-0.2, 0) is 6.18 Å². The number of amides is 1. The molecule has 0 aliphatic heterocycles. The lowest BCUT2D eigenvalue weighted by Crippen LogP contribution is -2.14. The first-order valence-electron chi connectivity index (χ1n) is 9.99. The molecule has 0 radical (unpaired) electrons. The number of aromatic nitrogens is 3. The summed E-state index contributed by atoms with van der Waals surface area (Å²) in [6, 6.07) is 13.0. The van der Waals surface area contributed by atoms with E-state index in [0.717, 1.165) is 27.7 Å². The molecule has 0 spiro atoms. The van der Waals surface area contributed by atoms with Crippen molar-refractivity contribution >= 4 is 39.0 Å². The van der Waals surface area contributed by atoms with Crippen LogP contribution in [0.5, 0.6) is 0 Å². The summed E-state index contributed by atoms with van der Waals surface area (Å²) in [7, 11) is 0. The minimum Gasteiger partial charge on any atom is -0.340 e. The summed E-state index contributed by atoms with van der Waals surface area (Å²) in [5.74, 6) is 0.354. The predicted molar refractivity (Wildman–Crippen MR) is 127 cm³/mol. The van der Waals surface area contributed by atoms with Crippen LogP contribution in [0, 0.1) is 6.92 Å². The molecule has 0 unspecified atom stereocenters. The number of halogens is 4. The minimum atomic E-state index is -4.53. The molecular formula is C24H17BrF3N5O. The number of aryl methyl sites for hydroxylation is 1. The van der Waals surface area contributed by atoms with Crippen molar-refractivity contribution in [3.8, 4) is 11.4 Å². The topological polar surface area (TPSA) is 79.8 Å². The predicted octanol–water partition coefficient (Wildman–Crippen LogP) is 6.62. The van der Waals surface area contributed by atoms with Gasteiger partial charge in [-0.1, -0.05) is 12.1 Å². The maximum Gasteiger partial charge on any atom is 0.416 e. The van der Waals surface area contributed by atoms with Crippen LogP contribution < -0.4 is 10.6 Å². The van der Waals surface area contributed by atoms with Gasteiger partial charge in [0.05, 0.1) is 5.56 Å². The number of pyridine rings is 1. The standard InChI is InChI=1S/C24H17BrF3N5O/c1-14-5-6-19(31-23(34)15-3-2-4-17(9-15)24(26,27)28)11-20(14)32-21-7-8-30-22(33-21)16-10-18(25)13-29-12-16/h2-13H,1H3,(H,31,34)(H,30,32,33). The number of nitrogens with zero attached hydrogens (tertiary/aromatic N) is 3. The summed E-state index contributed by atoms with van der Waals surface area (Å²) in [6.45, 7) is 1.88. The molecule has 2 aromatic carbocycles. The first-order chi connectivity index (χ1) is 16.2. The second-order valence-corrected chi connectivity index (χ2v) is 8.26. The molecule has 2 heterocycles. The highest BCUT2D eigenvalue weighted by Crippen LogP contribution is 2.30. The molecule has 0 saturated carbocycles. The van der Waals surface area contributed by atoms with Crippen molar-refractivity contribution in [3.05, 3.63) is 94.4 Å². The van der Waals surface area contributed by atoms with Crippen molar-refractivity contribution < 1.29 is 18.0 Å². The van der Waals surface area contributed by atoms with Crippen molar-refractivity contribution in [1.82, 2.24) is 15.0 Å². The second-order valence-electron chi connectivity index (χ2n) is 7.34. The molecule has 0 aliphatic carbocycles. The maximum atomic E-state index is 13.0. The monoisotopic (exact) mass is 527 g/mol. The third kappa shape index (κ3) is 5.57. The van der Waals surface area contributed by atoms with E-state index in [-0.39, 0.29) is 5.56 Å². The Morgan fingerprint density at radius 1 is 1.03 bits per heavy atom. The largest absolute Gasteiger partial charge is 0.416 e. The average Bonchev–Trinajstić information content (AvgIpc) is 2.81. The van der Waals surface area contributed by atoms with Crippen molar-refractivity contribution in [2.24, 2.45) is 0 Å². The summed E-state index contributed by atoms with van der Waals surface area (Å²) in [4.78, 5) is 25.5. The summed E-state index contributed by atoms with van der Waals surface area (Å²) in [6.07, 6.45) is 0.396. The minimum absolute atomic E-state index is 0.0898. The van der Waals surface area contributed by atoms with Gasteiger partial charge >= 0.3 is 6.18 Å². The van der Waals surface area contributed by atoms with Crippen molar-refractivity contribution in [2.75, 3.05) is 10.6 Å². The van der Waals surface area contributed by atoms with Gasteiger partial charge in [0, 0.05) is 45.6 Å². The molecule has 4 aromatic rings. The van der Waals surface area contributed by atoms with Crippen LogP contribution >= 0.6 is 15.9 Å². The zero-order chi connectivity index (χ0) is 24.3. The zero-order valence-electron chi connectivity index (χ0n) is 17.7. The van der Waals surface area contributed by atoms with Gasteiger partial charge in [-0.3, -0.25) is 9.78 Å². The number of anilines is 3. The second kappa shape index (κ2) is 9.60. The molecule has 10 heteroatoms. The zero-order valence-corrected chi connectivity index (χ0v) is 19.3. The van der Waals surface area contributed by atoms with Crippen LogP contribution in [0.4, 0.5) is 30.4 Å². The average molecular weight is 528 g/mol. The summed E-state index contributed by atoms with van der Waals surface area (Å²) >= 11 is 3.38. The molecule has 0 saturated heterocycles. The third-order valence-corrected chi connectivity index (χ3v) is 5.26. The van der Waals surface area contributed by atoms with Crippen LogP contribution in [0.15, 0.2) is 77.7 Å². The normalized spacial score (nSPS) is 11.2. The fourth-order valence-corrected chi connectivity index (χ4v) is 3.48. The molecule has 0 bridgehead atoms. The van der Waals surface area contributed by atoms with Gasteiger partial charge in [-0.05, 0) is 70.9 Å². The Bertz CT molecular complexity index is 1360. The molecule has 34 heavy (non-hydrogen) atoms. The number of nitrogens with one attached hydrogen (secondary N) is 2. The molecule has 2 aromatic heterocycles. The van der Waals surface area contributed by atoms with E-state index in [1.807, 2.05) is 13.0 Å². The number of rotatable bonds is 5. The van der Waals surface area contributed by atoms with E-state index in [9.17, 15) is 18.0 Å². The van der Waals surface area contributed by atoms with Gasteiger partial charge in [-0.25, -0.2) is 9.97 Å². The fourth-order valence-electron chi connectivity index (χ4n) is 3.11. The highest BCUT2D eigenvalue weighted by Gasteiger charge is 2.30. The van der Waals surface area contributed by atoms with E-state index in [2.05, 4.69) is 41.5 Å². The lowest BCUT2D eigenvalue weighted by Gasteiger charge is -2.13. The van der Waals surface area contributed by atoms with E-state index in [1.165, 1.54) is 12.1 Å². The lowest BCUT2D eigenvalue weighted by molar-refractivity contribution is -0.137. The highest BCUT2D eigenvalue weighted by molar-refractivity contribution is 9.10. The van der Waals surface area contributed by atoms with Crippen molar-refractivity contribution in [3.63, 3.8) is 0 Å². The smallest absolute Gasteiger partial charge is 0.340 e. The third-order valence-electron chi connectivity index (χ3n) is 4.83. The van der Waals surface area contributed by atoms with Gasteiger partial charge in [-0.2, -0.15) is 13.2 Å². The lowest BCUT2D eigenvalue weighted by atomic mass is 10.1. The van der Waals surface area contributed by atoms with Gasteiger partial charge in [0.1, 0.15) is 5.82 Å². The molecule has 1 amide bonds. The van der Waals surface area contributed by atoms with Crippen LogP contribution in [0.1, 0.15) is 21.5 Å². The Balaban J connectivity index is 1.54. The van der Waals surface area contributed by atoms with Gasteiger partial charge in [0.15, 0.2) is 5.82 Å². The van der Waals surface area contributed by atoms with E-state index in [4.69, 9.17) is 0 Å². The quantitative estimate of drug-likeness (QED) is 0.304. The molecular weight excluding hydrogens is 511 g/mol. The Morgan fingerprint density at radius 3 is 2.62 bits per heavy atom. The number of carbonyl (C=O) groups is 1. The Kier molecular flexibility index (Phi) is 6.60. The van der Waals surface area contributed by atoms with Gasteiger partial charge in [0.25, 0.3) is 5.91 Å². The Morgan fingerprint density at radius 2 is 1.85 bits per heavy atom. The SMILES string of the molecule is Cc1ccc(NC(=O)c2cccc(C(F)(F)F)c2)cc1Nc1ccnc(-c2cncc(Br)c2)n1. The number of hydrogen-bond acceptors (Lipinski definition) is 5. The number of alkyl halides is 3. The molecule has 172 valence electrons. The van der Waals surface area contributed by atoms with Crippen molar-refractivity contribution in [1.29, 1.82) is 0 Å². The maximum absolute atomic E-state index is 13.0. The Hall–Kier alpha value is -3.79. The number of benzene rings is 2. The van der Waals surface area contributed by atoms with Crippen LogP contribution in [-0.4, -0.2) is 20.9 Å². The molecule has 0 atom stereocenters. The van der Waals surface area contributed by atoms with E-state index in [0.29, 0.717) is 23.0 Å². The van der Waals surface area contributed by atoms with E-state index in [1.54, 1.807) is 42.9 Å². The summed E-state index contributed by atoms with van der Waals surface area (Å²) in [5.41, 5.74) is 1.72. The molecule has 0 aliphatic rings. The van der Waals surface area contributed by atoms with Gasteiger partial charge in [-0.15, -0.1) is 0 Å². The molecule has 6 nitrogen and oxygen atoms in total. The molecule has 4 rings (SSSR count). The van der Waals surface area contributed by atoms with E-state index < -0.39 is 17.6 Å². The van der Waals surface area contributed by atoms with Gasteiger partial charge in [0.2, 0.25) is 0 Å². The van der Waals surface area contributed by atoms with Crippen LogP contribution in [0.2, 0.25) is 0 Å². The summed E-state index contributed by atoms with van der Waals surface area (Å²) < 4.78 is 39.7. The number of carbonyl (C=O) groups excluding carboxylic acids is 1. The first-order valence-corrected chi connectivity index (χ1v) is 10.8. The van der Waals surface area contributed by atoms with Crippen LogP contribution in [0.25, 0.3) is 11.4 Å². The number of hydrogen-bond donors (Lipinski definition) is 2. The first kappa shape index (κ1) is 23.4. The fraction of sp³-hybridized carbons (Fsp3) is 0.0833. The molecule has 2 N–H and O–H groups in total. The van der Waals surface area contributed by atoms with Gasteiger partial charge < -0.3 is 10.6 Å². The van der Waals surface area contributed by atoms with E-state index >= 15 is 0 Å². The highest BCUT2D eigenvalue weighted by atomic mass is 79.9. The Labute approximate surface area is 201 Å². The summed E-state index contributed by atoms with van der Waals surface area (Å²) in [5, 5.41) is 5.84. The molecule has 0 fully saturated rings. The van der Waals surface area contributed by atoms with Crippen LogP contribution in [0.3, 0.4) is 0 Å².